The van der Waals surface area contributed by atoms with Gasteiger partial charge in [0.2, 0.25) is 12.7 Å². The van der Waals surface area contributed by atoms with Crippen LogP contribution >= 0.6 is 0 Å². The average molecular weight is 467 g/mol. The molecule has 10 nitrogen and oxygen atoms in total. The van der Waals surface area contributed by atoms with Gasteiger partial charge in [0.15, 0.2) is 23.1 Å². The smallest absolute Gasteiger partial charge is 0.231 e. The standard InChI is InChI=1S/C25H21N7O3/c1-31-23(10-11-26-31)28-22-8-9-24(30-29-22)32-14-16(18-4-2-3-5-19(18)32)12-25(33)27-17-6-7-20-21(13-17)35-15-34-20/h2-11,13-14H,12,15H2,1H3,(H,27,33)(H,28,29). The van der Waals surface area contributed by atoms with Gasteiger partial charge in [0, 0.05) is 36.5 Å². The Kier molecular flexibility index (Phi) is 5.03. The lowest BCUT2D eigenvalue weighted by molar-refractivity contribution is -0.115. The highest BCUT2D eigenvalue weighted by molar-refractivity contribution is 5.96. The molecule has 3 aromatic heterocycles. The molecule has 1 aliphatic heterocycles. The summed E-state index contributed by atoms with van der Waals surface area (Å²) < 4.78 is 14.4. The monoisotopic (exact) mass is 467 g/mol. The Labute approximate surface area is 200 Å². The van der Waals surface area contributed by atoms with Crippen LogP contribution in [0.5, 0.6) is 11.5 Å². The van der Waals surface area contributed by atoms with Gasteiger partial charge in [-0.25, -0.2) is 0 Å². The van der Waals surface area contributed by atoms with Gasteiger partial charge < -0.3 is 20.1 Å². The predicted octanol–water partition coefficient (Wildman–Crippen LogP) is 3.81. The summed E-state index contributed by atoms with van der Waals surface area (Å²) in [6, 6.07) is 18.9. The maximum absolute atomic E-state index is 12.9. The van der Waals surface area contributed by atoms with E-state index in [4.69, 9.17) is 9.47 Å². The third-order valence-corrected chi connectivity index (χ3v) is 5.78. The van der Waals surface area contributed by atoms with Crippen LogP contribution in [0.1, 0.15) is 5.56 Å². The molecule has 0 unspecified atom stereocenters. The van der Waals surface area contributed by atoms with Crippen LogP contribution in [0.15, 0.2) is 73.1 Å². The molecule has 2 aromatic carbocycles. The number of carbonyl (C=O) groups is 1. The molecule has 174 valence electrons. The van der Waals surface area contributed by atoms with Crippen molar-refractivity contribution in [3.8, 4) is 17.3 Å². The molecule has 0 saturated heterocycles. The third kappa shape index (κ3) is 4.01. The van der Waals surface area contributed by atoms with Crippen LogP contribution in [0.3, 0.4) is 0 Å². The second-order valence-electron chi connectivity index (χ2n) is 8.08. The zero-order chi connectivity index (χ0) is 23.8. The lowest BCUT2D eigenvalue weighted by atomic mass is 10.1. The Bertz CT molecular complexity index is 1540. The minimum absolute atomic E-state index is 0.131. The molecule has 0 atom stereocenters. The quantitative estimate of drug-likeness (QED) is 0.391. The Morgan fingerprint density at radius 1 is 1.03 bits per heavy atom. The molecule has 1 aliphatic rings. The molecule has 10 heteroatoms. The van der Waals surface area contributed by atoms with Crippen LogP contribution < -0.4 is 20.1 Å². The number of nitrogens with one attached hydrogen (secondary N) is 2. The zero-order valence-electron chi connectivity index (χ0n) is 18.8. The first kappa shape index (κ1) is 20.7. The van der Waals surface area contributed by atoms with Gasteiger partial charge in [0.05, 0.1) is 18.1 Å². The molecule has 1 amide bonds. The maximum atomic E-state index is 12.9. The Balaban J connectivity index is 1.24. The van der Waals surface area contributed by atoms with Gasteiger partial charge in [0.1, 0.15) is 5.82 Å². The van der Waals surface area contributed by atoms with Gasteiger partial charge in [-0.15, -0.1) is 10.2 Å². The highest BCUT2D eigenvalue weighted by Gasteiger charge is 2.17. The first-order valence-electron chi connectivity index (χ1n) is 11.0. The molecule has 0 bridgehead atoms. The molecule has 6 rings (SSSR count). The van der Waals surface area contributed by atoms with E-state index in [1.54, 1.807) is 29.1 Å². The van der Waals surface area contributed by atoms with Gasteiger partial charge >= 0.3 is 0 Å². The lowest BCUT2D eigenvalue weighted by Gasteiger charge is -2.07. The van der Waals surface area contributed by atoms with Crippen molar-refractivity contribution in [3.05, 3.63) is 78.6 Å². The molecule has 0 radical (unpaired) electrons. The molecular formula is C25H21N7O3. The van der Waals surface area contributed by atoms with E-state index in [1.807, 2.05) is 60.3 Å². The number of carbonyl (C=O) groups excluding carboxylic acids is 1. The van der Waals surface area contributed by atoms with Crippen molar-refractivity contribution < 1.29 is 14.3 Å². The van der Waals surface area contributed by atoms with E-state index in [9.17, 15) is 4.79 Å². The first-order valence-corrected chi connectivity index (χ1v) is 11.0. The van der Waals surface area contributed by atoms with Crippen molar-refractivity contribution in [1.29, 1.82) is 0 Å². The van der Waals surface area contributed by atoms with E-state index >= 15 is 0 Å². The van der Waals surface area contributed by atoms with E-state index < -0.39 is 0 Å². The lowest BCUT2D eigenvalue weighted by Crippen LogP contribution is -2.14. The van der Waals surface area contributed by atoms with Crippen molar-refractivity contribution in [1.82, 2.24) is 24.5 Å². The molecule has 2 N–H and O–H groups in total. The number of aromatic nitrogens is 5. The van der Waals surface area contributed by atoms with Crippen LogP contribution in [0.2, 0.25) is 0 Å². The Morgan fingerprint density at radius 2 is 1.91 bits per heavy atom. The first-order chi connectivity index (χ1) is 17.1. The molecule has 35 heavy (non-hydrogen) atoms. The van der Waals surface area contributed by atoms with Gasteiger partial charge in [-0.1, -0.05) is 18.2 Å². The summed E-state index contributed by atoms with van der Waals surface area (Å²) in [4.78, 5) is 12.9. The number of hydrogen-bond acceptors (Lipinski definition) is 7. The summed E-state index contributed by atoms with van der Waals surface area (Å²) in [5.41, 5.74) is 2.49. The molecule has 4 heterocycles. The molecule has 0 fully saturated rings. The van der Waals surface area contributed by atoms with Gasteiger partial charge in [-0.2, -0.15) is 5.10 Å². The number of amides is 1. The summed E-state index contributed by atoms with van der Waals surface area (Å²) in [5, 5.41) is 19.9. The third-order valence-electron chi connectivity index (χ3n) is 5.78. The second-order valence-corrected chi connectivity index (χ2v) is 8.08. The second kappa shape index (κ2) is 8.49. The van der Waals surface area contributed by atoms with Gasteiger partial charge in [-0.05, 0) is 35.9 Å². The number of rotatable bonds is 6. The number of para-hydroxylation sites is 1. The predicted molar refractivity (Wildman–Crippen MR) is 130 cm³/mol. The van der Waals surface area contributed by atoms with Gasteiger partial charge in [-0.3, -0.25) is 14.0 Å². The number of aryl methyl sites for hydroxylation is 1. The van der Waals surface area contributed by atoms with Crippen molar-refractivity contribution in [2.75, 3.05) is 17.4 Å². The number of benzene rings is 2. The average Bonchev–Trinajstić information content (AvgIpc) is 3.59. The summed E-state index contributed by atoms with van der Waals surface area (Å²) in [6.07, 6.45) is 3.85. The number of fused-ring (bicyclic) bond motifs is 2. The fraction of sp³-hybridized carbons (Fsp3) is 0.120. The molecule has 0 saturated carbocycles. The van der Waals surface area contributed by atoms with Gasteiger partial charge in [0.25, 0.3) is 0 Å². The number of hydrogen-bond donors (Lipinski definition) is 2. The van der Waals surface area contributed by atoms with Crippen molar-refractivity contribution in [2.24, 2.45) is 7.05 Å². The topological polar surface area (TPSA) is 108 Å². The Morgan fingerprint density at radius 3 is 2.74 bits per heavy atom. The SMILES string of the molecule is Cn1nccc1Nc1ccc(-n2cc(CC(=O)Nc3ccc4c(c3)OCO4)c3ccccc32)nn1. The van der Waals surface area contributed by atoms with E-state index in [-0.39, 0.29) is 19.1 Å². The van der Waals surface area contributed by atoms with E-state index in [0.29, 0.717) is 28.8 Å². The molecule has 5 aromatic rings. The summed E-state index contributed by atoms with van der Waals surface area (Å²) >= 11 is 0. The summed E-state index contributed by atoms with van der Waals surface area (Å²) in [6.45, 7) is 0.190. The molecular weight excluding hydrogens is 446 g/mol. The molecule has 0 aliphatic carbocycles. The number of anilines is 3. The fourth-order valence-corrected chi connectivity index (χ4v) is 4.08. The highest BCUT2D eigenvalue weighted by atomic mass is 16.7. The Hall–Kier alpha value is -4.86. The highest BCUT2D eigenvalue weighted by Crippen LogP contribution is 2.34. The minimum atomic E-state index is -0.131. The van der Waals surface area contributed by atoms with Crippen LogP contribution in [0, 0.1) is 0 Å². The summed E-state index contributed by atoms with van der Waals surface area (Å²) in [5.74, 6) is 3.24. The summed E-state index contributed by atoms with van der Waals surface area (Å²) in [7, 11) is 1.85. The van der Waals surface area contributed by atoms with Crippen LogP contribution in [0.4, 0.5) is 17.3 Å². The van der Waals surface area contributed by atoms with E-state index in [2.05, 4.69) is 25.9 Å². The maximum Gasteiger partial charge on any atom is 0.231 e. The van der Waals surface area contributed by atoms with Crippen molar-refractivity contribution >= 4 is 34.1 Å². The molecule has 0 spiro atoms. The van der Waals surface area contributed by atoms with Crippen LogP contribution in [0.25, 0.3) is 16.7 Å². The zero-order valence-corrected chi connectivity index (χ0v) is 18.8. The number of ether oxygens (including phenoxy) is 2. The fourth-order valence-electron chi connectivity index (χ4n) is 4.08. The van der Waals surface area contributed by atoms with E-state index in [1.165, 1.54) is 0 Å². The van der Waals surface area contributed by atoms with Crippen LogP contribution in [-0.4, -0.2) is 37.2 Å². The largest absolute Gasteiger partial charge is 0.454 e. The van der Waals surface area contributed by atoms with Crippen LogP contribution in [-0.2, 0) is 18.3 Å². The number of nitrogens with zero attached hydrogens (tertiary/aromatic N) is 5. The van der Waals surface area contributed by atoms with E-state index in [0.717, 1.165) is 22.3 Å². The van der Waals surface area contributed by atoms with Crippen molar-refractivity contribution in [3.63, 3.8) is 0 Å². The minimum Gasteiger partial charge on any atom is -0.454 e. The van der Waals surface area contributed by atoms with Crippen molar-refractivity contribution in [2.45, 2.75) is 6.42 Å². The normalized spacial score (nSPS) is 12.1.